The monoisotopic (exact) mass is 349 g/mol. The van der Waals surface area contributed by atoms with Crippen molar-refractivity contribution in [2.75, 3.05) is 13.2 Å². The number of carbonyl (C=O) groups excluding carboxylic acids is 1. The van der Waals surface area contributed by atoms with E-state index in [4.69, 9.17) is 4.74 Å². The first-order chi connectivity index (χ1) is 11.3. The number of thiophene rings is 1. The van der Waals surface area contributed by atoms with Gasteiger partial charge >= 0.3 is 0 Å². The van der Waals surface area contributed by atoms with Gasteiger partial charge in [-0.2, -0.15) is 0 Å². The minimum atomic E-state index is -0.0952. The normalized spacial score (nSPS) is 27.7. The molecule has 5 nitrogen and oxygen atoms in total. The van der Waals surface area contributed by atoms with E-state index >= 15 is 0 Å². The summed E-state index contributed by atoms with van der Waals surface area (Å²) in [6.45, 7) is 2.56. The van der Waals surface area contributed by atoms with E-state index in [1.807, 2.05) is 0 Å². The predicted octanol–water partition coefficient (Wildman–Crippen LogP) is 2.37. The van der Waals surface area contributed by atoms with Gasteiger partial charge in [0, 0.05) is 36.0 Å². The molecule has 2 saturated heterocycles. The largest absolute Gasteiger partial charge is 0.374 e. The maximum atomic E-state index is 12.3. The molecule has 2 fully saturated rings. The zero-order valence-corrected chi connectivity index (χ0v) is 14.3. The van der Waals surface area contributed by atoms with Crippen LogP contribution in [0.25, 0.3) is 0 Å². The molecule has 23 heavy (non-hydrogen) atoms. The number of fused-ring (bicyclic) bond motifs is 1. The number of nitrogens with one attached hydrogen (secondary N) is 1. The van der Waals surface area contributed by atoms with Gasteiger partial charge in [0.1, 0.15) is 5.69 Å². The number of hydrogen-bond donors (Lipinski definition) is 1. The minimum absolute atomic E-state index is 0.0365. The standard InChI is InChI=1S/C16H19N3O2S2/c20-16(13-9-22-10-17-13)18-12-8-19(7-11-3-2-6-23-11)14-4-1-5-21-15(12)14/h2-3,6,9-10,12,14-15H,1,4-5,7-8H2,(H,18,20)/t12-,14-,15-/m1/s1. The Morgan fingerprint density at radius 2 is 2.48 bits per heavy atom. The lowest BCUT2D eigenvalue weighted by Gasteiger charge is -2.32. The van der Waals surface area contributed by atoms with Crippen molar-refractivity contribution in [3.8, 4) is 0 Å². The highest BCUT2D eigenvalue weighted by molar-refractivity contribution is 7.09. The molecule has 1 N–H and O–H groups in total. The second kappa shape index (κ2) is 6.68. The molecule has 2 aliphatic heterocycles. The Labute approximate surface area is 143 Å². The zero-order chi connectivity index (χ0) is 15.6. The molecule has 7 heteroatoms. The fourth-order valence-corrected chi connectivity index (χ4v) is 4.79. The van der Waals surface area contributed by atoms with Crippen molar-refractivity contribution in [2.45, 2.75) is 37.6 Å². The smallest absolute Gasteiger partial charge is 0.271 e. The van der Waals surface area contributed by atoms with Crippen LogP contribution in [-0.2, 0) is 11.3 Å². The van der Waals surface area contributed by atoms with Gasteiger partial charge in [-0.15, -0.1) is 22.7 Å². The zero-order valence-electron chi connectivity index (χ0n) is 12.7. The number of nitrogens with zero attached hydrogens (tertiary/aromatic N) is 2. The van der Waals surface area contributed by atoms with Gasteiger partial charge in [0.05, 0.1) is 17.7 Å². The summed E-state index contributed by atoms with van der Waals surface area (Å²) in [4.78, 5) is 20.2. The maximum absolute atomic E-state index is 12.3. The fraction of sp³-hybridized carbons (Fsp3) is 0.500. The van der Waals surface area contributed by atoms with Crippen molar-refractivity contribution in [2.24, 2.45) is 0 Å². The lowest BCUT2D eigenvalue weighted by molar-refractivity contribution is -0.0210. The maximum Gasteiger partial charge on any atom is 0.271 e. The molecule has 0 spiro atoms. The highest BCUT2D eigenvalue weighted by atomic mass is 32.1. The summed E-state index contributed by atoms with van der Waals surface area (Å²) in [5, 5.41) is 7.03. The molecular formula is C16H19N3O2S2. The molecule has 0 saturated carbocycles. The lowest BCUT2D eigenvalue weighted by Crippen LogP contribution is -2.47. The van der Waals surface area contributed by atoms with Gasteiger partial charge in [0.25, 0.3) is 5.91 Å². The summed E-state index contributed by atoms with van der Waals surface area (Å²) in [7, 11) is 0. The van der Waals surface area contributed by atoms with E-state index < -0.39 is 0 Å². The van der Waals surface area contributed by atoms with Crippen LogP contribution in [0, 0.1) is 0 Å². The first kappa shape index (κ1) is 15.3. The Kier molecular flexibility index (Phi) is 4.43. The predicted molar refractivity (Wildman–Crippen MR) is 90.9 cm³/mol. The van der Waals surface area contributed by atoms with Crippen LogP contribution < -0.4 is 5.32 Å². The first-order valence-electron chi connectivity index (χ1n) is 7.88. The van der Waals surface area contributed by atoms with E-state index in [0.29, 0.717) is 11.7 Å². The van der Waals surface area contributed by atoms with Gasteiger partial charge in [0.2, 0.25) is 0 Å². The second-order valence-corrected chi connectivity index (χ2v) is 7.76. The summed E-state index contributed by atoms with van der Waals surface area (Å²) in [5.74, 6) is -0.0952. The van der Waals surface area contributed by atoms with Crippen LogP contribution in [0.4, 0.5) is 0 Å². The first-order valence-corrected chi connectivity index (χ1v) is 9.70. The number of carbonyl (C=O) groups is 1. The molecule has 0 bridgehead atoms. The Bertz CT molecular complexity index is 644. The Morgan fingerprint density at radius 1 is 1.52 bits per heavy atom. The van der Waals surface area contributed by atoms with Crippen LogP contribution in [0.3, 0.4) is 0 Å². The third-order valence-corrected chi connectivity index (χ3v) is 6.00. The van der Waals surface area contributed by atoms with E-state index in [0.717, 1.165) is 32.5 Å². The topological polar surface area (TPSA) is 54.5 Å². The van der Waals surface area contributed by atoms with Crippen molar-refractivity contribution < 1.29 is 9.53 Å². The van der Waals surface area contributed by atoms with E-state index in [-0.39, 0.29) is 18.1 Å². The van der Waals surface area contributed by atoms with Crippen molar-refractivity contribution in [3.63, 3.8) is 0 Å². The number of ether oxygens (including phenoxy) is 1. The minimum Gasteiger partial charge on any atom is -0.374 e. The summed E-state index contributed by atoms with van der Waals surface area (Å²) in [5.41, 5.74) is 2.19. The van der Waals surface area contributed by atoms with E-state index in [2.05, 4.69) is 32.7 Å². The average molecular weight is 349 g/mol. The molecule has 3 atom stereocenters. The fourth-order valence-electron chi connectivity index (χ4n) is 3.53. The number of rotatable bonds is 4. The van der Waals surface area contributed by atoms with Gasteiger partial charge in [0.15, 0.2) is 0 Å². The van der Waals surface area contributed by atoms with Gasteiger partial charge < -0.3 is 10.1 Å². The number of likely N-dealkylation sites (tertiary alicyclic amines) is 1. The Balaban J connectivity index is 1.47. The molecule has 0 radical (unpaired) electrons. The highest BCUT2D eigenvalue weighted by Gasteiger charge is 2.44. The molecular weight excluding hydrogens is 330 g/mol. The molecule has 2 aromatic heterocycles. The quantitative estimate of drug-likeness (QED) is 0.921. The van der Waals surface area contributed by atoms with Gasteiger partial charge in [-0.05, 0) is 24.3 Å². The average Bonchev–Trinajstić information content (AvgIpc) is 3.30. The lowest BCUT2D eigenvalue weighted by atomic mass is 10.0. The number of amides is 1. The van der Waals surface area contributed by atoms with Crippen LogP contribution in [0.5, 0.6) is 0 Å². The number of hydrogen-bond acceptors (Lipinski definition) is 6. The van der Waals surface area contributed by atoms with Crippen molar-refractivity contribution in [1.29, 1.82) is 0 Å². The summed E-state index contributed by atoms with van der Waals surface area (Å²) < 4.78 is 6.01. The van der Waals surface area contributed by atoms with Crippen molar-refractivity contribution in [1.82, 2.24) is 15.2 Å². The van der Waals surface area contributed by atoms with Crippen LogP contribution in [-0.4, -0.2) is 47.1 Å². The number of aromatic nitrogens is 1. The van der Waals surface area contributed by atoms with Gasteiger partial charge in [-0.1, -0.05) is 6.07 Å². The van der Waals surface area contributed by atoms with Crippen LogP contribution in [0.15, 0.2) is 28.4 Å². The third kappa shape index (κ3) is 3.19. The van der Waals surface area contributed by atoms with Crippen molar-refractivity contribution in [3.05, 3.63) is 39.0 Å². The molecule has 1 amide bonds. The third-order valence-electron chi connectivity index (χ3n) is 4.55. The van der Waals surface area contributed by atoms with E-state index in [1.54, 1.807) is 22.2 Å². The molecule has 122 valence electrons. The van der Waals surface area contributed by atoms with Crippen LogP contribution in [0.1, 0.15) is 28.2 Å². The van der Waals surface area contributed by atoms with Crippen LogP contribution >= 0.6 is 22.7 Å². The molecule has 4 rings (SSSR count). The molecule has 2 aromatic rings. The molecule has 0 unspecified atom stereocenters. The van der Waals surface area contributed by atoms with Crippen molar-refractivity contribution >= 4 is 28.6 Å². The Morgan fingerprint density at radius 3 is 3.26 bits per heavy atom. The highest BCUT2D eigenvalue weighted by Crippen LogP contribution is 2.31. The van der Waals surface area contributed by atoms with Crippen LogP contribution in [0.2, 0.25) is 0 Å². The summed E-state index contributed by atoms with van der Waals surface area (Å²) >= 11 is 3.22. The van der Waals surface area contributed by atoms with E-state index in [9.17, 15) is 4.79 Å². The second-order valence-electron chi connectivity index (χ2n) is 6.01. The Hall–Kier alpha value is -1.28. The number of thiazole rings is 1. The van der Waals surface area contributed by atoms with E-state index in [1.165, 1.54) is 16.2 Å². The molecule has 0 aromatic carbocycles. The molecule has 4 heterocycles. The molecule has 0 aliphatic carbocycles. The molecule has 2 aliphatic rings. The van der Waals surface area contributed by atoms with Gasteiger partial charge in [-0.3, -0.25) is 9.69 Å². The SMILES string of the molecule is O=C(N[C@@H]1CN(Cc2cccs2)[C@@H]2CCCO[C@@H]21)c1cscn1. The summed E-state index contributed by atoms with van der Waals surface area (Å²) in [6, 6.07) is 4.69. The summed E-state index contributed by atoms with van der Waals surface area (Å²) in [6.07, 6.45) is 2.32. The van der Waals surface area contributed by atoms with Gasteiger partial charge in [-0.25, -0.2) is 4.98 Å².